The number of fused-ring (bicyclic) bond motifs is 1. The van der Waals surface area contributed by atoms with E-state index in [-0.39, 0.29) is 37.7 Å². The van der Waals surface area contributed by atoms with E-state index in [9.17, 15) is 24.3 Å². The van der Waals surface area contributed by atoms with E-state index in [0.29, 0.717) is 0 Å². The van der Waals surface area contributed by atoms with Crippen LogP contribution in [0.1, 0.15) is 32.3 Å². The molecule has 1 heterocycles. The van der Waals surface area contributed by atoms with Crippen LogP contribution < -0.4 is 0 Å². The van der Waals surface area contributed by atoms with Crippen LogP contribution in [0.25, 0.3) is 0 Å². The Hall–Kier alpha value is -2.55. The lowest BCUT2D eigenvalue weighted by Gasteiger charge is -2.30. The van der Waals surface area contributed by atoms with Gasteiger partial charge in [-0.25, -0.2) is 0 Å². The Bertz CT molecular complexity index is 1120. The van der Waals surface area contributed by atoms with Gasteiger partial charge in [-0.2, -0.15) is 0 Å². The first-order valence-electron chi connectivity index (χ1n) is 8.58. The van der Waals surface area contributed by atoms with Crippen molar-refractivity contribution in [1.29, 1.82) is 0 Å². The summed E-state index contributed by atoms with van der Waals surface area (Å²) in [6.45, 7) is 3.77. The number of carbonyl (C=O) groups is 2. The fourth-order valence-electron chi connectivity index (χ4n) is 3.21. The van der Waals surface area contributed by atoms with Crippen molar-refractivity contribution in [2.75, 3.05) is 14.2 Å². The molecule has 1 atom stereocenters. The lowest BCUT2D eigenvalue weighted by Crippen LogP contribution is -2.35. The van der Waals surface area contributed by atoms with E-state index in [0.717, 1.165) is 19.1 Å². The summed E-state index contributed by atoms with van der Waals surface area (Å²) in [6.07, 6.45) is 0. The van der Waals surface area contributed by atoms with Gasteiger partial charge in [0.25, 0.3) is 17.5 Å². The van der Waals surface area contributed by atoms with Crippen molar-refractivity contribution < 1.29 is 28.1 Å². The summed E-state index contributed by atoms with van der Waals surface area (Å²) in [5, 5.41) is 10.9. The van der Waals surface area contributed by atoms with E-state index in [2.05, 4.69) is 6.58 Å². The molecule has 0 saturated heterocycles. The predicted octanol–water partition coefficient (Wildman–Crippen LogP) is 5.24. The molecule has 2 amide bonds. The summed E-state index contributed by atoms with van der Waals surface area (Å²) in [4.78, 5) is 37.5. The fraction of sp³-hybridized carbons (Fsp3) is 0.158. The van der Waals surface area contributed by atoms with Gasteiger partial charge in [-0.3, -0.25) is 29.2 Å². The smallest absolute Gasteiger partial charge is 0.309 e. The Balaban J connectivity index is 2.18. The minimum atomic E-state index is -3.97. The highest BCUT2D eigenvalue weighted by Gasteiger charge is 2.46. The highest BCUT2D eigenvalue weighted by molar-refractivity contribution is 7.58. The van der Waals surface area contributed by atoms with Crippen molar-refractivity contribution in [1.82, 2.24) is 4.90 Å². The molecule has 12 heteroatoms. The molecule has 0 aromatic heterocycles. The zero-order valence-electron chi connectivity index (χ0n) is 16.2. The van der Waals surface area contributed by atoms with Gasteiger partial charge in [0.1, 0.15) is 0 Å². The molecule has 31 heavy (non-hydrogen) atoms. The van der Waals surface area contributed by atoms with Crippen LogP contribution in [0.3, 0.4) is 0 Å². The normalized spacial score (nSPS) is 14.5. The summed E-state index contributed by atoms with van der Waals surface area (Å²) in [7, 11) is -1.71. The fourth-order valence-corrected chi connectivity index (χ4v) is 4.72. The Morgan fingerprint density at radius 1 is 1.06 bits per heavy atom. The molecule has 9 nitrogen and oxygen atoms in total. The molecular weight excluding hydrogens is 470 g/mol. The maximum atomic E-state index is 13.2. The molecule has 3 rings (SSSR count). The summed E-state index contributed by atoms with van der Waals surface area (Å²) in [6, 6.07) is 6.25. The van der Waals surface area contributed by atoms with Crippen LogP contribution in [0.15, 0.2) is 48.3 Å². The van der Waals surface area contributed by atoms with Gasteiger partial charge in [0.2, 0.25) is 0 Å². The minimum absolute atomic E-state index is 0.00350. The Morgan fingerprint density at radius 3 is 1.90 bits per heavy atom. The second kappa shape index (κ2) is 8.53. The molecule has 0 saturated carbocycles. The van der Waals surface area contributed by atoms with E-state index >= 15 is 0 Å². The summed E-state index contributed by atoms with van der Waals surface area (Å²) < 4.78 is 23.0. The number of non-ortho nitro benzene ring substituents is 1. The van der Waals surface area contributed by atoms with Crippen LogP contribution in [0.4, 0.5) is 5.69 Å². The van der Waals surface area contributed by atoms with Crippen molar-refractivity contribution in [3.8, 4) is 0 Å². The molecule has 162 valence electrons. The van der Waals surface area contributed by atoms with E-state index in [1.165, 1.54) is 36.4 Å². The molecular formula is C19H15Cl2N2O7P. The largest absolute Gasteiger partial charge is 0.358 e. The third kappa shape index (κ3) is 3.91. The van der Waals surface area contributed by atoms with E-state index in [1.807, 2.05) is 0 Å². The van der Waals surface area contributed by atoms with Gasteiger partial charge in [-0.15, -0.1) is 0 Å². The second-order valence-electron chi connectivity index (χ2n) is 6.40. The van der Waals surface area contributed by atoms with Crippen LogP contribution in [0.2, 0.25) is 10.0 Å². The van der Waals surface area contributed by atoms with Crippen molar-refractivity contribution in [3.05, 3.63) is 85.1 Å². The first kappa shape index (κ1) is 23.1. The number of benzene rings is 2. The third-order valence-electron chi connectivity index (χ3n) is 4.78. The van der Waals surface area contributed by atoms with Gasteiger partial charge >= 0.3 is 7.60 Å². The standard InChI is InChI=1S/C19H15Cl2N2O7P/c1-10(31(28,29-2)30-3)17(11-4-6-12(7-5-11)23(26)27)22-18(24)13-8-15(20)16(21)9-14(13)19(22)25/h4-9,17H,1H2,2-3H3. The number of nitrogens with zero attached hydrogens (tertiary/aromatic N) is 2. The minimum Gasteiger partial charge on any atom is -0.309 e. The van der Waals surface area contributed by atoms with Gasteiger partial charge < -0.3 is 9.05 Å². The number of hydrogen-bond donors (Lipinski definition) is 0. The molecule has 0 fully saturated rings. The zero-order chi connectivity index (χ0) is 23.1. The Morgan fingerprint density at radius 2 is 1.52 bits per heavy atom. The lowest BCUT2D eigenvalue weighted by molar-refractivity contribution is -0.384. The molecule has 0 spiro atoms. The number of halogens is 2. The Kier molecular flexibility index (Phi) is 6.36. The summed E-state index contributed by atoms with van der Waals surface area (Å²) in [5.74, 6) is -1.47. The average molecular weight is 485 g/mol. The first-order chi connectivity index (χ1) is 14.6. The molecule has 1 aliphatic heterocycles. The molecule has 1 unspecified atom stereocenters. The highest BCUT2D eigenvalue weighted by atomic mass is 35.5. The lowest BCUT2D eigenvalue weighted by atomic mass is 10.0. The molecule has 0 bridgehead atoms. The summed E-state index contributed by atoms with van der Waals surface area (Å²) in [5.41, 5.74) is 0.0277. The van der Waals surface area contributed by atoms with Gasteiger partial charge in [-0.1, -0.05) is 29.8 Å². The first-order valence-corrected chi connectivity index (χ1v) is 10.9. The van der Waals surface area contributed by atoms with E-state index < -0.39 is 30.4 Å². The number of nitro benzene ring substituents is 1. The van der Waals surface area contributed by atoms with Gasteiger partial charge in [-0.05, 0) is 29.8 Å². The van der Waals surface area contributed by atoms with Crippen LogP contribution >= 0.6 is 30.8 Å². The third-order valence-corrected chi connectivity index (χ3v) is 7.42. The van der Waals surface area contributed by atoms with Crippen LogP contribution in [-0.2, 0) is 13.6 Å². The molecule has 2 aromatic carbocycles. The molecule has 0 N–H and O–H groups in total. The number of rotatable bonds is 7. The highest BCUT2D eigenvalue weighted by Crippen LogP contribution is 2.60. The van der Waals surface area contributed by atoms with Crippen molar-refractivity contribution in [2.45, 2.75) is 6.04 Å². The van der Waals surface area contributed by atoms with Gasteiger partial charge in [0, 0.05) is 26.4 Å². The van der Waals surface area contributed by atoms with Crippen LogP contribution in [0, 0.1) is 10.1 Å². The van der Waals surface area contributed by atoms with Crippen LogP contribution in [0.5, 0.6) is 0 Å². The number of amides is 2. The van der Waals surface area contributed by atoms with Crippen molar-refractivity contribution >= 4 is 48.3 Å². The Labute approximate surface area is 186 Å². The van der Waals surface area contributed by atoms with Crippen LogP contribution in [-0.4, -0.2) is 35.9 Å². The number of imide groups is 1. The molecule has 2 aromatic rings. The average Bonchev–Trinajstić information content (AvgIpc) is 2.98. The predicted molar refractivity (Wildman–Crippen MR) is 114 cm³/mol. The molecule has 1 aliphatic rings. The summed E-state index contributed by atoms with van der Waals surface area (Å²) >= 11 is 12.0. The maximum absolute atomic E-state index is 13.2. The van der Waals surface area contributed by atoms with Gasteiger partial charge in [0.15, 0.2) is 0 Å². The number of hydrogen-bond acceptors (Lipinski definition) is 7. The number of carbonyl (C=O) groups excluding carboxylic acids is 2. The van der Waals surface area contributed by atoms with Crippen molar-refractivity contribution in [2.24, 2.45) is 0 Å². The second-order valence-corrected chi connectivity index (χ2v) is 9.51. The van der Waals surface area contributed by atoms with E-state index in [4.69, 9.17) is 32.2 Å². The topological polar surface area (TPSA) is 116 Å². The molecule has 0 radical (unpaired) electrons. The van der Waals surface area contributed by atoms with E-state index in [1.54, 1.807) is 0 Å². The number of nitro groups is 1. The maximum Gasteiger partial charge on any atom is 0.358 e. The quantitative estimate of drug-likeness (QED) is 0.228. The monoisotopic (exact) mass is 484 g/mol. The zero-order valence-corrected chi connectivity index (χ0v) is 18.6. The molecule has 0 aliphatic carbocycles. The van der Waals surface area contributed by atoms with Crippen molar-refractivity contribution in [3.63, 3.8) is 0 Å². The van der Waals surface area contributed by atoms with Gasteiger partial charge in [0.05, 0.1) is 37.5 Å². The SMILES string of the molecule is C=C(C(c1ccc([N+](=O)[O-])cc1)N1C(=O)c2cc(Cl)c(Cl)cc2C1=O)P(=O)(OC)OC.